The number of aliphatic carboxylic acids is 1. The number of nitrogens with zero attached hydrogens (tertiary/aromatic N) is 1. The molecule has 0 saturated carbocycles. The van der Waals surface area contributed by atoms with Crippen LogP contribution in [0.15, 0.2) is 23.6 Å². The maximum absolute atomic E-state index is 10.7. The predicted octanol–water partition coefficient (Wildman–Crippen LogP) is 2.60. The quantitative estimate of drug-likeness (QED) is 0.941. The molecule has 104 valence electrons. The van der Waals surface area contributed by atoms with E-state index in [-0.39, 0.29) is 6.42 Å². The van der Waals surface area contributed by atoms with E-state index in [0.717, 1.165) is 23.4 Å². The molecule has 0 aliphatic carbocycles. The molecule has 0 fully saturated rings. The minimum Gasteiger partial charge on any atom is -0.490 e. The minimum absolute atomic E-state index is 0.0464. The fourth-order valence-corrected chi connectivity index (χ4v) is 2.77. The molecule has 1 N–H and O–H groups in total. The highest BCUT2D eigenvalue weighted by molar-refractivity contribution is 7.10. The Morgan fingerprint density at radius 2 is 2.10 bits per heavy atom. The molecule has 0 radical (unpaired) electrons. The van der Waals surface area contributed by atoms with Crippen molar-refractivity contribution in [3.05, 3.63) is 28.6 Å². The summed E-state index contributed by atoms with van der Waals surface area (Å²) in [5, 5.41) is 11.2. The van der Waals surface area contributed by atoms with Crippen LogP contribution in [0.3, 0.4) is 0 Å². The Hall–Kier alpha value is -2.08. The summed E-state index contributed by atoms with van der Waals surface area (Å²) < 4.78 is 11.2. The standard InChI is InChI=1S/C14H13NO4S/c16-14(17)7-13-15-10(8-20-13)9-2-3-11-12(6-9)19-5-1-4-18-11/h2-3,6,8H,1,4-5,7H2,(H,16,17). The van der Waals surface area contributed by atoms with E-state index in [0.29, 0.717) is 24.0 Å². The molecule has 1 aromatic heterocycles. The molecule has 0 spiro atoms. The van der Waals surface area contributed by atoms with Crippen molar-refractivity contribution in [2.75, 3.05) is 13.2 Å². The Kier molecular flexibility index (Phi) is 3.56. The smallest absolute Gasteiger partial charge is 0.310 e. The van der Waals surface area contributed by atoms with Crippen LogP contribution in [0.25, 0.3) is 11.3 Å². The molecule has 0 amide bonds. The minimum atomic E-state index is -0.871. The van der Waals surface area contributed by atoms with Crippen molar-refractivity contribution in [3.8, 4) is 22.8 Å². The van der Waals surface area contributed by atoms with Crippen LogP contribution in [0.4, 0.5) is 0 Å². The Labute approximate surface area is 119 Å². The van der Waals surface area contributed by atoms with E-state index in [1.165, 1.54) is 11.3 Å². The van der Waals surface area contributed by atoms with Crippen molar-refractivity contribution < 1.29 is 19.4 Å². The van der Waals surface area contributed by atoms with Crippen molar-refractivity contribution in [2.45, 2.75) is 12.8 Å². The first-order chi connectivity index (χ1) is 9.72. The SMILES string of the molecule is O=C(O)Cc1nc(-c2ccc3c(c2)OCCCO3)cs1. The van der Waals surface area contributed by atoms with Gasteiger partial charge in [-0.2, -0.15) is 0 Å². The van der Waals surface area contributed by atoms with Gasteiger partial charge in [0, 0.05) is 17.4 Å². The lowest BCUT2D eigenvalue weighted by Gasteiger charge is -2.08. The summed E-state index contributed by atoms with van der Waals surface area (Å²) in [7, 11) is 0. The van der Waals surface area contributed by atoms with Gasteiger partial charge in [-0.15, -0.1) is 11.3 Å². The maximum atomic E-state index is 10.7. The van der Waals surface area contributed by atoms with E-state index in [4.69, 9.17) is 14.6 Å². The zero-order valence-electron chi connectivity index (χ0n) is 10.7. The molecule has 3 rings (SSSR count). The van der Waals surface area contributed by atoms with E-state index in [1.54, 1.807) is 0 Å². The Morgan fingerprint density at radius 3 is 2.90 bits per heavy atom. The van der Waals surface area contributed by atoms with Crippen molar-refractivity contribution in [1.82, 2.24) is 4.98 Å². The van der Waals surface area contributed by atoms with Gasteiger partial charge < -0.3 is 14.6 Å². The number of carboxylic acid groups (broad SMARTS) is 1. The maximum Gasteiger partial charge on any atom is 0.310 e. The molecule has 0 atom stereocenters. The number of rotatable bonds is 3. The topological polar surface area (TPSA) is 68.7 Å². The average molecular weight is 291 g/mol. The first kappa shape index (κ1) is 12.9. The van der Waals surface area contributed by atoms with E-state index in [2.05, 4.69) is 4.98 Å². The summed E-state index contributed by atoms with van der Waals surface area (Å²) in [6, 6.07) is 5.67. The second-order valence-corrected chi connectivity index (χ2v) is 5.35. The molecule has 0 unspecified atom stereocenters. The van der Waals surface area contributed by atoms with Crippen LogP contribution in [-0.4, -0.2) is 29.3 Å². The predicted molar refractivity (Wildman–Crippen MR) is 74.5 cm³/mol. The molecule has 5 nitrogen and oxygen atoms in total. The number of carbonyl (C=O) groups is 1. The van der Waals surface area contributed by atoms with Crippen LogP contribution >= 0.6 is 11.3 Å². The molecule has 20 heavy (non-hydrogen) atoms. The van der Waals surface area contributed by atoms with Crippen LogP contribution in [-0.2, 0) is 11.2 Å². The normalized spacial score (nSPS) is 13.8. The summed E-state index contributed by atoms with van der Waals surface area (Å²) in [5.74, 6) is 0.588. The third kappa shape index (κ3) is 2.75. The first-order valence-corrected chi connectivity index (χ1v) is 7.16. The van der Waals surface area contributed by atoms with Crippen LogP contribution in [0.1, 0.15) is 11.4 Å². The summed E-state index contributed by atoms with van der Waals surface area (Å²) in [5.41, 5.74) is 1.67. The molecule has 0 saturated heterocycles. The fourth-order valence-electron chi connectivity index (χ4n) is 1.98. The van der Waals surface area contributed by atoms with E-state index >= 15 is 0 Å². The molecular formula is C14H13NO4S. The van der Waals surface area contributed by atoms with Gasteiger partial charge in [0.2, 0.25) is 0 Å². The summed E-state index contributed by atoms with van der Waals surface area (Å²) in [6.45, 7) is 1.30. The van der Waals surface area contributed by atoms with Gasteiger partial charge in [0.05, 0.1) is 25.3 Å². The van der Waals surface area contributed by atoms with Gasteiger partial charge in [-0.3, -0.25) is 4.79 Å². The molecule has 1 aliphatic heterocycles. The highest BCUT2D eigenvalue weighted by atomic mass is 32.1. The van der Waals surface area contributed by atoms with Crippen molar-refractivity contribution in [1.29, 1.82) is 0 Å². The summed E-state index contributed by atoms with van der Waals surface area (Å²) >= 11 is 1.35. The molecule has 1 aliphatic rings. The van der Waals surface area contributed by atoms with Crippen LogP contribution in [0.2, 0.25) is 0 Å². The fraction of sp³-hybridized carbons (Fsp3) is 0.286. The zero-order valence-corrected chi connectivity index (χ0v) is 11.5. The molecule has 2 heterocycles. The Morgan fingerprint density at radius 1 is 1.30 bits per heavy atom. The van der Waals surface area contributed by atoms with E-state index < -0.39 is 5.97 Å². The van der Waals surface area contributed by atoms with Crippen molar-refractivity contribution in [2.24, 2.45) is 0 Å². The van der Waals surface area contributed by atoms with Crippen molar-refractivity contribution >= 4 is 17.3 Å². The van der Waals surface area contributed by atoms with E-state index in [1.807, 2.05) is 23.6 Å². The van der Waals surface area contributed by atoms with Gasteiger partial charge in [0.25, 0.3) is 0 Å². The van der Waals surface area contributed by atoms with Gasteiger partial charge in [0.1, 0.15) is 5.01 Å². The highest BCUT2D eigenvalue weighted by Crippen LogP contribution is 2.34. The van der Waals surface area contributed by atoms with Gasteiger partial charge in [-0.1, -0.05) is 0 Å². The number of hydrogen-bond donors (Lipinski definition) is 1. The third-order valence-corrected chi connectivity index (χ3v) is 3.75. The number of benzene rings is 1. The first-order valence-electron chi connectivity index (χ1n) is 6.28. The van der Waals surface area contributed by atoms with Gasteiger partial charge >= 0.3 is 5.97 Å². The average Bonchev–Trinajstić information content (AvgIpc) is 2.74. The monoisotopic (exact) mass is 291 g/mol. The Balaban J connectivity index is 1.88. The zero-order chi connectivity index (χ0) is 13.9. The molecule has 2 aromatic rings. The highest BCUT2D eigenvalue weighted by Gasteiger charge is 2.13. The lowest BCUT2D eigenvalue weighted by Crippen LogP contribution is -1.99. The van der Waals surface area contributed by atoms with Crippen LogP contribution < -0.4 is 9.47 Å². The van der Waals surface area contributed by atoms with Crippen LogP contribution in [0, 0.1) is 0 Å². The molecule has 6 heteroatoms. The number of aromatic nitrogens is 1. The number of thiazole rings is 1. The molecular weight excluding hydrogens is 278 g/mol. The van der Waals surface area contributed by atoms with Gasteiger partial charge in [0.15, 0.2) is 11.5 Å². The number of ether oxygens (including phenoxy) is 2. The van der Waals surface area contributed by atoms with Gasteiger partial charge in [-0.05, 0) is 18.2 Å². The largest absolute Gasteiger partial charge is 0.490 e. The van der Waals surface area contributed by atoms with Crippen LogP contribution in [0.5, 0.6) is 11.5 Å². The Bertz CT molecular complexity index is 638. The second kappa shape index (κ2) is 5.50. The van der Waals surface area contributed by atoms with E-state index in [9.17, 15) is 4.79 Å². The lowest BCUT2D eigenvalue weighted by molar-refractivity contribution is -0.136. The number of carboxylic acids is 1. The molecule has 0 bridgehead atoms. The van der Waals surface area contributed by atoms with Gasteiger partial charge in [-0.25, -0.2) is 4.98 Å². The third-order valence-electron chi connectivity index (χ3n) is 2.90. The summed E-state index contributed by atoms with van der Waals surface area (Å²) in [4.78, 5) is 15.0. The lowest BCUT2D eigenvalue weighted by atomic mass is 10.1. The van der Waals surface area contributed by atoms with Crippen molar-refractivity contribution in [3.63, 3.8) is 0 Å². The number of fused-ring (bicyclic) bond motifs is 1. The number of hydrogen-bond acceptors (Lipinski definition) is 5. The second-order valence-electron chi connectivity index (χ2n) is 4.41. The molecule has 1 aromatic carbocycles. The summed E-state index contributed by atoms with van der Waals surface area (Å²) in [6.07, 6.45) is 0.818.